The first-order valence-electron chi connectivity index (χ1n) is 8.63. The number of hydrogen-bond donors (Lipinski definition) is 1. The topological polar surface area (TPSA) is 35.6 Å². The van der Waals surface area contributed by atoms with Crippen LogP contribution in [0, 0.1) is 0 Å². The maximum atomic E-state index is 12.6. The Labute approximate surface area is 157 Å². The van der Waals surface area contributed by atoms with Crippen LogP contribution in [0.2, 0.25) is 0 Å². The van der Waals surface area contributed by atoms with Gasteiger partial charge in [0, 0.05) is 33.2 Å². The van der Waals surface area contributed by atoms with E-state index in [1.165, 1.54) is 22.6 Å². The van der Waals surface area contributed by atoms with Crippen LogP contribution in [0.15, 0.2) is 54.6 Å². The Bertz CT molecular complexity index is 718. The fourth-order valence-electron chi connectivity index (χ4n) is 2.61. The molecule has 7 heteroatoms. The van der Waals surface area contributed by atoms with E-state index in [4.69, 9.17) is 0 Å². The summed E-state index contributed by atoms with van der Waals surface area (Å²) in [5.41, 5.74) is 1.15. The average Bonchev–Trinajstić information content (AvgIpc) is 2.62. The lowest BCUT2D eigenvalue weighted by atomic mass is 10.1. The zero-order valence-corrected chi connectivity index (χ0v) is 15.5. The number of halogens is 3. The molecule has 2 rings (SSSR count). The summed E-state index contributed by atoms with van der Waals surface area (Å²) in [5.74, 6) is 0. The van der Waals surface area contributed by atoms with E-state index in [-0.39, 0.29) is 12.6 Å². The number of likely N-dealkylation sites (N-methyl/N-ethyl adjacent to an activating group) is 1. The van der Waals surface area contributed by atoms with Crippen LogP contribution >= 0.6 is 0 Å². The monoisotopic (exact) mass is 379 g/mol. The molecule has 0 aromatic heterocycles. The van der Waals surface area contributed by atoms with E-state index in [2.05, 4.69) is 10.2 Å². The highest BCUT2D eigenvalue weighted by molar-refractivity contribution is 5.73. The van der Waals surface area contributed by atoms with Gasteiger partial charge in [0.1, 0.15) is 0 Å². The minimum atomic E-state index is -4.35. The van der Waals surface area contributed by atoms with E-state index in [0.29, 0.717) is 18.7 Å². The van der Waals surface area contributed by atoms with Gasteiger partial charge in [-0.3, -0.25) is 0 Å². The molecular formula is C20H24F3N3O. The number of urea groups is 1. The Morgan fingerprint density at radius 2 is 1.52 bits per heavy atom. The van der Waals surface area contributed by atoms with Crippen LogP contribution in [0.25, 0.3) is 0 Å². The molecule has 0 aliphatic rings. The standard InChI is InChI=1S/C20H24F3N3O/c1-25(14-16-6-4-3-5-7-16)13-12-24-19(27)26(2)15-17-8-10-18(11-9-17)20(21,22)23/h3-11H,12-15H2,1-2H3,(H,24,27). The number of benzene rings is 2. The van der Waals surface area contributed by atoms with Gasteiger partial charge in [0.05, 0.1) is 5.56 Å². The van der Waals surface area contributed by atoms with E-state index >= 15 is 0 Å². The molecule has 0 aliphatic heterocycles. The quantitative estimate of drug-likeness (QED) is 0.790. The van der Waals surface area contributed by atoms with E-state index < -0.39 is 11.7 Å². The molecule has 0 radical (unpaired) electrons. The molecule has 2 aromatic carbocycles. The van der Waals surface area contributed by atoms with Crippen molar-refractivity contribution in [2.45, 2.75) is 19.3 Å². The normalized spacial score (nSPS) is 11.5. The zero-order valence-electron chi connectivity index (χ0n) is 15.5. The molecule has 0 heterocycles. The number of carbonyl (C=O) groups excluding carboxylic acids is 1. The van der Waals surface area contributed by atoms with E-state index in [0.717, 1.165) is 18.7 Å². The molecule has 0 aliphatic carbocycles. The van der Waals surface area contributed by atoms with Crippen molar-refractivity contribution in [1.82, 2.24) is 15.1 Å². The average molecular weight is 379 g/mol. The molecule has 0 saturated heterocycles. The van der Waals surface area contributed by atoms with Gasteiger partial charge in [-0.25, -0.2) is 4.79 Å². The number of hydrogen-bond acceptors (Lipinski definition) is 2. The number of amides is 2. The number of nitrogens with one attached hydrogen (secondary N) is 1. The maximum Gasteiger partial charge on any atom is 0.416 e. The van der Waals surface area contributed by atoms with Gasteiger partial charge in [-0.15, -0.1) is 0 Å². The van der Waals surface area contributed by atoms with Crippen molar-refractivity contribution < 1.29 is 18.0 Å². The van der Waals surface area contributed by atoms with Gasteiger partial charge in [-0.2, -0.15) is 13.2 Å². The van der Waals surface area contributed by atoms with Crippen LogP contribution in [0.1, 0.15) is 16.7 Å². The van der Waals surface area contributed by atoms with Crippen molar-refractivity contribution in [3.63, 3.8) is 0 Å². The Morgan fingerprint density at radius 3 is 2.11 bits per heavy atom. The summed E-state index contributed by atoms with van der Waals surface area (Å²) in [6.07, 6.45) is -4.35. The Kier molecular flexibility index (Phi) is 7.24. The van der Waals surface area contributed by atoms with Crippen LogP contribution in [-0.4, -0.2) is 43.0 Å². The second-order valence-corrected chi connectivity index (χ2v) is 6.51. The molecule has 0 saturated carbocycles. The summed E-state index contributed by atoms with van der Waals surface area (Å²) in [6, 6.07) is 14.6. The lowest BCUT2D eigenvalue weighted by Crippen LogP contribution is -2.40. The van der Waals surface area contributed by atoms with Crippen LogP contribution < -0.4 is 5.32 Å². The van der Waals surface area contributed by atoms with E-state index in [9.17, 15) is 18.0 Å². The van der Waals surface area contributed by atoms with Crippen molar-refractivity contribution >= 4 is 6.03 Å². The lowest BCUT2D eigenvalue weighted by molar-refractivity contribution is -0.137. The Hall–Kier alpha value is -2.54. The first-order chi connectivity index (χ1) is 12.8. The third kappa shape index (κ3) is 6.94. The molecule has 0 fully saturated rings. The summed E-state index contributed by atoms with van der Waals surface area (Å²) in [7, 11) is 3.59. The SMILES string of the molecule is CN(CCNC(=O)N(C)Cc1ccc(C(F)(F)F)cc1)Cc1ccccc1. The zero-order chi connectivity index (χ0) is 19.9. The molecule has 146 valence electrons. The molecule has 0 atom stereocenters. The number of alkyl halides is 3. The van der Waals surface area contributed by atoms with Crippen molar-refractivity contribution in [2.75, 3.05) is 27.2 Å². The smallest absolute Gasteiger partial charge is 0.337 e. The largest absolute Gasteiger partial charge is 0.416 e. The van der Waals surface area contributed by atoms with Gasteiger partial charge in [-0.1, -0.05) is 42.5 Å². The number of carbonyl (C=O) groups is 1. The van der Waals surface area contributed by atoms with E-state index in [1.54, 1.807) is 7.05 Å². The van der Waals surface area contributed by atoms with Gasteiger partial charge in [0.15, 0.2) is 0 Å². The lowest BCUT2D eigenvalue weighted by Gasteiger charge is -2.21. The molecule has 4 nitrogen and oxygen atoms in total. The van der Waals surface area contributed by atoms with Crippen molar-refractivity contribution in [2.24, 2.45) is 0 Å². The molecule has 0 unspecified atom stereocenters. The second-order valence-electron chi connectivity index (χ2n) is 6.51. The first kappa shape index (κ1) is 20.8. The molecular weight excluding hydrogens is 355 g/mol. The Morgan fingerprint density at radius 1 is 0.926 bits per heavy atom. The minimum absolute atomic E-state index is 0.240. The maximum absolute atomic E-state index is 12.6. The molecule has 2 aromatic rings. The molecule has 1 N–H and O–H groups in total. The summed E-state index contributed by atoms with van der Waals surface area (Å²) < 4.78 is 37.7. The highest BCUT2D eigenvalue weighted by atomic mass is 19.4. The van der Waals surface area contributed by atoms with Gasteiger partial charge in [0.2, 0.25) is 0 Å². The molecule has 27 heavy (non-hydrogen) atoms. The summed E-state index contributed by atoms with van der Waals surface area (Å²) in [4.78, 5) is 15.7. The number of rotatable bonds is 7. The van der Waals surface area contributed by atoms with Gasteiger partial charge >= 0.3 is 12.2 Å². The first-order valence-corrected chi connectivity index (χ1v) is 8.63. The summed E-state index contributed by atoms with van der Waals surface area (Å²) in [6.45, 7) is 2.20. The predicted molar refractivity (Wildman–Crippen MR) is 99.1 cm³/mol. The van der Waals surface area contributed by atoms with Crippen LogP contribution in [0.4, 0.5) is 18.0 Å². The summed E-state index contributed by atoms with van der Waals surface area (Å²) in [5, 5.41) is 2.82. The highest BCUT2D eigenvalue weighted by Crippen LogP contribution is 2.29. The van der Waals surface area contributed by atoms with Crippen molar-refractivity contribution in [3.8, 4) is 0 Å². The molecule has 0 spiro atoms. The molecule has 0 bridgehead atoms. The number of nitrogens with zero attached hydrogens (tertiary/aromatic N) is 2. The predicted octanol–water partition coefficient (Wildman–Crippen LogP) is 3.98. The van der Waals surface area contributed by atoms with Crippen LogP contribution in [0.5, 0.6) is 0 Å². The van der Waals surface area contributed by atoms with Gasteiger partial charge in [-0.05, 0) is 30.3 Å². The van der Waals surface area contributed by atoms with E-state index in [1.807, 2.05) is 37.4 Å². The highest BCUT2D eigenvalue weighted by Gasteiger charge is 2.29. The fourth-order valence-corrected chi connectivity index (χ4v) is 2.61. The van der Waals surface area contributed by atoms with Crippen molar-refractivity contribution in [1.29, 1.82) is 0 Å². The molecule has 2 amide bonds. The minimum Gasteiger partial charge on any atom is -0.337 e. The third-order valence-corrected chi connectivity index (χ3v) is 4.11. The van der Waals surface area contributed by atoms with Gasteiger partial charge < -0.3 is 15.1 Å². The van der Waals surface area contributed by atoms with Crippen molar-refractivity contribution in [3.05, 3.63) is 71.3 Å². The van der Waals surface area contributed by atoms with Crippen LogP contribution in [0.3, 0.4) is 0 Å². The van der Waals surface area contributed by atoms with Crippen LogP contribution in [-0.2, 0) is 19.3 Å². The third-order valence-electron chi connectivity index (χ3n) is 4.11. The second kappa shape index (κ2) is 9.41. The Balaban J connectivity index is 1.73. The van der Waals surface area contributed by atoms with Gasteiger partial charge in [0.25, 0.3) is 0 Å². The fraction of sp³-hybridized carbons (Fsp3) is 0.350. The summed E-state index contributed by atoms with van der Waals surface area (Å²) >= 11 is 0.